The van der Waals surface area contributed by atoms with Crippen LogP contribution in [0.2, 0.25) is 5.02 Å². The smallest absolute Gasteiger partial charge is 0.238 e. The standard InChI is InChI=1S/C22H22ClNO2/c1-12-16(23)8-5-9-17(12)24-21(25)19-14-10-11-15(20(19)22(24)26)18(14)13-6-3-2-4-7-13/h5,8-11,14-15,19-20H,2-4,6-7H2,1H3/t14-,15-,19+,20+/m0/s1. The molecule has 3 nitrogen and oxygen atoms in total. The Morgan fingerprint density at radius 3 is 2.19 bits per heavy atom. The fraction of sp³-hybridized carbons (Fsp3) is 0.455. The second-order valence-electron chi connectivity index (χ2n) is 8.00. The van der Waals surface area contributed by atoms with Gasteiger partial charge in [0.2, 0.25) is 11.8 Å². The maximum atomic E-state index is 13.3. The van der Waals surface area contributed by atoms with E-state index in [-0.39, 0.29) is 35.5 Å². The van der Waals surface area contributed by atoms with Gasteiger partial charge < -0.3 is 0 Å². The highest BCUT2D eigenvalue weighted by molar-refractivity contribution is 6.32. The third kappa shape index (κ3) is 2.07. The zero-order valence-electron chi connectivity index (χ0n) is 14.9. The second kappa shape index (κ2) is 5.82. The van der Waals surface area contributed by atoms with Crippen LogP contribution in [0.5, 0.6) is 0 Å². The Balaban J connectivity index is 1.55. The minimum absolute atomic E-state index is 0.0453. The third-order valence-electron chi connectivity index (χ3n) is 6.76. The van der Waals surface area contributed by atoms with E-state index in [1.807, 2.05) is 19.1 Å². The molecule has 1 saturated heterocycles. The topological polar surface area (TPSA) is 37.4 Å². The fourth-order valence-electron chi connectivity index (χ4n) is 5.58. The van der Waals surface area contributed by atoms with Gasteiger partial charge in [-0.25, -0.2) is 4.90 Å². The number of carbonyl (C=O) groups excluding carboxylic acids is 2. The van der Waals surface area contributed by atoms with Crippen LogP contribution < -0.4 is 4.90 Å². The van der Waals surface area contributed by atoms with E-state index in [9.17, 15) is 9.59 Å². The molecule has 5 rings (SSSR count). The number of imide groups is 1. The molecule has 1 aromatic rings. The first-order valence-electron chi connectivity index (χ1n) is 9.62. The summed E-state index contributed by atoms with van der Waals surface area (Å²) < 4.78 is 0. The minimum atomic E-state index is -0.222. The molecule has 3 fully saturated rings. The summed E-state index contributed by atoms with van der Waals surface area (Å²) in [6.45, 7) is 1.87. The highest BCUT2D eigenvalue weighted by Crippen LogP contribution is 2.58. The van der Waals surface area contributed by atoms with Gasteiger partial charge in [-0.15, -0.1) is 0 Å². The van der Waals surface area contributed by atoms with Crippen LogP contribution in [0.15, 0.2) is 41.5 Å². The number of nitrogens with zero attached hydrogens (tertiary/aromatic N) is 1. The van der Waals surface area contributed by atoms with Crippen molar-refractivity contribution >= 4 is 29.1 Å². The van der Waals surface area contributed by atoms with Gasteiger partial charge in [0.25, 0.3) is 0 Å². The Morgan fingerprint density at radius 1 is 0.962 bits per heavy atom. The summed E-state index contributed by atoms with van der Waals surface area (Å²) in [5.41, 5.74) is 4.37. The maximum Gasteiger partial charge on any atom is 0.238 e. The molecule has 2 saturated carbocycles. The Labute approximate surface area is 158 Å². The van der Waals surface area contributed by atoms with Crippen LogP contribution in [0.4, 0.5) is 5.69 Å². The number of hydrogen-bond acceptors (Lipinski definition) is 2. The van der Waals surface area contributed by atoms with Gasteiger partial charge in [-0.05, 0) is 50.3 Å². The van der Waals surface area contributed by atoms with Crippen molar-refractivity contribution in [3.05, 3.63) is 52.1 Å². The van der Waals surface area contributed by atoms with E-state index in [0.29, 0.717) is 10.7 Å². The minimum Gasteiger partial charge on any atom is -0.274 e. The Kier molecular flexibility index (Phi) is 3.65. The van der Waals surface area contributed by atoms with Crippen LogP contribution in [0.1, 0.15) is 37.7 Å². The highest BCUT2D eigenvalue weighted by atomic mass is 35.5. The van der Waals surface area contributed by atoms with Gasteiger partial charge in [-0.2, -0.15) is 0 Å². The zero-order chi connectivity index (χ0) is 18.0. The number of amides is 2. The molecule has 4 atom stereocenters. The molecular weight excluding hydrogens is 346 g/mol. The summed E-state index contributed by atoms with van der Waals surface area (Å²) in [6, 6.07) is 5.43. The van der Waals surface area contributed by atoms with Crippen LogP contribution in [0, 0.1) is 30.6 Å². The van der Waals surface area contributed by atoms with Gasteiger partial charge in [-0.3, -0.25) is 9.59 Å². The van der Waals surface area contributed by atoms with Gasteiger partial charge in [0, 0.05) is 16.9 Å². The molecule has 26 heavy (non-hydrogen) atoms. The fourth-order valence-corrected chi connectivity index (χ4v) is 5.75. The van der Waals surface area contributed by atoms with Crippen LogP contribution in [-0.2, 0) is 9.59 Å². The number of fused-ring (bicyclic) bond motifs is 5. The van der Waals surface area contributed by atoms with E-state index >= 15 is 0 Å². The summed E-state index contributed by atoms with van der Waals surface area (Å²) in [5.74, 6) is -0.286. The molecule has 2 bridgehead atoms. The number of hydrogen-bond donors (Lipinski definition) is 0. The largest absolute Gasteiger partial charge is 0.274 e. The van der Waals surface area contributed by atoms with E-state index in [1.54, 1.807) is 6.07 Å². The predicted molar refractivity (Wildman–Crippen MR) is 102 cm³/mol. The highest BCUT2D eigenvalue weighted by Gasteiger charge is 2.62. The van der Waals surface area contributed by atoms with Crippen LogP contribution in [-0.4, -0.2) is 11.8 Å². The maximum absolute atomic E-state index is 13.3. The lowest BCUT2D eigenvalue weighted by Crippen LogP contribution is -2.34. The quantitative estimate of drug-likeness (QED) is 0.526. The normalized spacial score (nSPS) is 32.8. The van der Waals surface area contributed by atoms with E-state index in [1.165, 1.54) is 35.3 Å². The third-order valence-corrected chi connectivity index (χ3v) is 7.17. The monoisotopic (exact) mass is 367 g/mol. The number of anilines is 1. The molecule has 0 aromatic heterocycles. The van der Waals surface area contributed by atoms with E-state index in [2.05, 4.69) is 12.2 Å². The molecule has 0 radical (unpaired) electrons. The molecule has 1 aromatic carbocycles. The van der Waals surface area contributed by atoms with Crippen LogP contribution >= 0.6 is 11.6 Å². The summed E-state index contributed by atoms with van der Waals surface area (Å²) in [7, 11) is 0. The average molecular weight is 368 g/mol. The first-order valence-corrected chi connectivity index (χ1v) is 10.0. The van der Waals surface area contributed by atoms with Crippen molar-refractivity contribution in [3.8, 4) is 0 Å². The van der Waals surface area contributed by atoms with Gasteiger partial charge in [-0.1, -0.05) is 47.4 Å². The summed E-state index contributed by atoms with van der Waals surface area (Å²) in [4.78, 5) is 28.0. The second-order valence-corrected chi connectivity index (χ2v) is 8.41. The van der Waals surface area contributed by atoms with Crippen molar-refractivity contribution in [2.75, 3.05) is 4.90 Å². The average Bonchev–Trinajstić information content (AvgIpc) is 3.29. The lowest BCUT2D eigenvalue weighted by Gasteiger charge is -2.23. The SMILES string of the molecule is Cc1c(Cl)cccc1N1C(=O)[C@H]2[C@H](C1=O)[C@H]1C=C[C@H]2C1=C1CCCCC1. The summed E-state index contributed by atoms with van der Waals surface area (Å²) >= 11 is 6.23. The first kappa shape index (κ1) is 16.3. The molecule has 3 aliphatic carbocycles. The number of benzene rings is 1. The van der Waals surface area contributed by atoms with Crippen LogP contribution in [0.3, 0.4) is 0 Å². The van der Waals surface area contributed by atoms with Crippen molar-refractivity contribution in [2.45, 2.75) is 39.0 Å². The van der Waals surface area contributed by atoms with Crippen molar-refractivity contribution in [2.24, 2.45) is 23.7 Å². The van der Waals surface area contributed by atoms with E-state index < -0.39 is 0 Å². The first-order chi connectivity index (χ1) is 12.6. The van der Waals surface area contributed by atoms with Crippen LogP contribution in [0.25, 0.3) is 0 Å². The van der Waals surface area contributed by atoms with Gasteiger partial charge >= 0.3 is 0 Å². The van der Waals surface area contributed by atoms with Crippen molar-refractivity contribution in [3.63, 3.8) is 0 Å². The predicted octanol–water partition coefficient (Wildman–Crippen LogP) is 4.83. The summed E-state index contributed by atoms with van der Waals surface area (Å²) in [5, 5.41) is 0.589. The van der Waals surface area contributed by atoms with Gasteiger partial charge in [0.1, 0.15) is 0 Å². The number of carbonyl (C=O) groups is 2. The summed E-state index contributed by atoms with van der Waals surface area (Å²) in [6.07, 6.45) is 10.4. The lowest BCUT2D eigenvalue weighted by molar-refractivity contribution is -0.122. The molecule has 4 aliphatic rings. The molecule has 0 spiro atoms. The number of allylic oxidation sites excluding steroid dienone is 4. The lowest BCUT2D eigenvalue weighted by atomic mass is 9.85. The molecule has 1 aliphatic heterocycles. The van der Waals surface area contributed by atoms with Crippen molar-refractivity contribution in [1.29, 1.82) is 0 Å². The Hall–Kier alpha value is -1.87. The number of halogens is 1. The molecule has 4 heteroatoms. The van der Waals surface area contributed by atoms with Gasteiger partial charge in [0.05, 0.1) is 17.5 Å². The Bertz CT molecular complexity index is 842. The van der Waals surface area contributed by atoms with Crippen molar-refractivity contribution < 1.29 is 9.59 Å². The zero-order valence-corrected chi connectivity index (χ0v) is 15.6. The van der Waals surface area contributed by atoms with Crippen molar-refractivity contribution in [1.82, 2.24) is 0 Å². The molecule has 1 heterocycles. The van der Waals surface area contributed by atoms with E-state index in [4.69, 9.17) is 11.6 Å². The molecule has 2 amide bonds. The Morgan fingerprint density at radius 2 is 1.58 bits per heavy atom. The van der Waals surface area contributed by atoms with E-state index in [0.717, 1.165) is 18.4 Å². The molecule has 0 unspecified atom stereocenters. The molecule has 0 N–H and O–H groups in total. The molecular formula is C22H22ClNO2. The number of rotatable bonds is 1. The molecule has 134 valence electrons. The van der Waals surface area contributed by atoms with Gasteiger partial charge in [0.15, 0.2) is 0 Å².